The number of aryl methyl sites for hydroxylation is 1. The smallest absolute Gasteiger partial charge is 0.179 e. The third-order valence-electron chi connectivity index (χ3n) is 4.48. The molecular weight excluding hydrogens is 250 g/mol. The van der Waals surface area contributed by atoms with E-state index in [2.05, 4.69) is 11.8 Å². The summed E-state index contributed by atoms with van der Waals surface area (Å²) in [5, 5.41) is 9.17. The Labute approximate surface area is 121 Å². The van der Waals surface area contributed by atoms with Crippen LogP contribution in [0.4, 0.5) is 0 Å². The maximum absolute atomic E-state index is 12.5. The Bertz CT molecular complexity index is 433. The average Bonchev–Trinajstić information content (AvgIpc) is 2.53. The first-order valence-electron chi connectivity index (χ1n) is 7.63. The highest BCUT2D eigenvalue weighted by Gasteiger charge is 2.26. The van der Waals surface area contributed by atoms with E-state index in [0.29, 0.717) is 5.92 Å². The minimum absolute atomic E-state index is 0.0675. The number of carbonyl (C=O) groups excluding carboxylic acids is 1. The molecule has 0 radical (unpaired) electrons. The van der Waals surface area contributed by atoms with E-state index in [1.165, 1.54) is 5.56 Å². The molecule has 1 heterocycles. The fraction of sp³-hybridized carbons (Fsp3) is 0.588. The number of carbonyl (C=O) groups is 1. The van der Waals surface area contributed by atoms with Crippen molar-refractivity contribution in [3.63, 3.8) is 0 Å². The fourth-order valence-electron chi connectivity index (χ4n) is 2.83. The van der Waals surface area contributed by atoms with E-state index in [1.54, 1.807) is 0 Å². The number of likely N-dealkylation sites (tertiary alicyclic amines) is 1. The lowest BCUT2D eigenvalue weighted by Gasteiger charge is -2.34. The van der Waals surface area contributed by atoms with Crippen LogP contribution in [-0.2, 0) is 6.42 Å². The zero-order valence-corrected chi connectivity index (χ0v) is 12.5. The first-order chi connectivity index (χ1) is 9.65. The number of aliphatic hydroxyl groups excluding tert-OH is 1. The topological polar surface area (TPSA) is 40.5 Å². The van der Waals surface area contributed by atoms with Crippen molar-refractivity contribution in [3.05, 3.63) is 35.4 Å². The third kappa shape index (κ3) is 3.47. The quantitative estimate of drug-likeness (QED) is 0.840. The Balaban J connectivity index is 1.97. The second-order valence-corrected chi connectivity index (χ2v) is 5.75. The largest absolute Gasteiger partial charge is 0.396 e. The molecule has 3 heteroatoms. The van der Waals surface area contributed by atoms with E-state index < -0.39 is 0 Å². The Morgan fingerprint density at radius 1 is 1.30 bits per heavy atom. The first-order valence-corrected chi connectivity index (χ1v) is 7.63. The molecule has 0 amide bonds. The molecular formula is C17H25NO2. The van der Waals surface area contributed by atoms with Crippen molar-refractivity contribution in [1.82, 2.24) is 4.90 Å². The van der Waals surface area contributed by atoms with Crippen LogP contribution >= 0.6 is 0 Å². The molecule has 0 spiro atoms. The summed E-state index contributed by atoms with van der Waals surface area (Å²) in [6.07, 6.45) is 2.98. The van der Waals surface area contributed by atoms with Crippen LogP contribution in [-0.4, -0.2) is 41.5 Å². The number of benzene rings is 1. The van der Waals surface area contributed by atoms with Crippen LogP contribution in [0.15, 0.2) is 24.3 Å². The van der Waals surface area contributed by atoms with Crippen LogP contribution in [0, 0.1) is 5.92 Å². The molecule has 1 N–H and O–H groups in total. The van der Waals surface area contributed by atoms with Crippen molar-refractivity contribution in [2.24, 2.45) is 5.92 Å². The Morgan fingerprint density at radius 2 is 1.90 bits per heavy atom. The lowest BCUT2D eigenvalue weighted by molar-refractivity contribution is 0.0721. The summed E-state index contributed by atoms with van der Waals surface area (Å²) in [6.45, 7) is 6.20. The highest BCUT2D eigenvalue weighted by molar-refractivity contribution is 5.99. The molecule has 1 fully saturated rings. The van der Waals surface area contributed by atoms with Crippen LogP contribution in [0.25, 0.3) is 0 Å². The molecule has 0 aliphatic carbocycles. The summed E-state index contributed by atoms with van der Waals surface area (Å²) in [6, 6.07) is 7.90. The van der Waals surface area contributed by atoms with E-state index in [9.17, 15) is 4.79 Å². The van der Waals surface area contributed by atoms with Crippen LogP contribution in [0.2, 0.25) is 0 Å². The van der Waals surface area contributed by atoms with E-state index in [-0.39, 0.29) is 18.4 Å². The predicted octanol–water partition coefficient (Wildman–Crippen LogP) is 2.52. The Morgan fingerprint density at radius 3 is 2.40 bits per heavy atom. The molecule has 1 aliphatic heterocycles. The maximum Gasteiger partial charge on any atom is 0.179 e. The molecule has 1 unspecified atom stereocenters. The normalized spacial score (nSPS) is 18.9. The van der Waals surface area contributed by atoms with Gasteiger partial charge in [0.2, 0.25) is 0 Å². The molecule has 0 aromatic heterocycles. The SMILES string of the molecule is CCc1ccc(C(=O)C(C)N2CCC(CO)CC2)cc1. The van der Waals surface area contributed by atoms with Gasteiger partial charge in [0.1, 0.15) is 0 Å². The zero-order chi connectivity index (χ0) is 14.5. The molecule has 0 saturated carbocycles. The Kier molecular flexibility index (Phi) is 5.32. The average molecular weight is 275 g/mol. The fourth-order valence-corrected chi connectivity index (χ4v) is 2.83. The number of hydrogen-bond acceptors (Lipinski definition) is 3. The van der Waals surface area contributed by atoms with Gasteiger partial charge in [-0.25, -0.2) is 0 Å². The van der Waals surface area contributed by atoms with Crippen LogP contribution in [0.1, 0.15) is 42.6 Å². The zero-order valence-electron chi connectivity index (χ0n) is 12.5. The van der Waals surface area contributed by atoms with E-state index in [4.69, 9.17) is 5.11 Å². The van der Waals surface area contributed by atoms with Crippen molar-refractivity contribution in [3.8, 4) is 0 Å². The molecule has 1 atom stereocenters. The van der Waals surface area contributed by atoms with Crippen molar-refractivity contribution >= 4 is 5.78 Å². The summed E-state index contributed by atoms with van der Waals surface area (Å²) in [4.78, 5) is 14.7. The van der Waals surface area contributed by atoms with Gasteiger partial charge in [-0.1, -0.05) is 31.2 Å². The van der Waals surface area contributed by atoms with Crippen LogP contribution < -0.4 is 0 Å². The van der Waals surface area contributed by atoms with Gasteiger partial charge in [0.05, 0.1) is 6.04 Å². The second-order valence-electron chi connectivity index (χ2n) is 5.75. The van der Waals surface area contributed by atoms with Gasteiger partial charge in [0, 0.05) is 12.2 Å². The van der Waals surface area contributed by atoms with Crippen molar-refractivity contribution in [2.75, 3.05) is 19.7 Å². The monoisotopic (exact) mass is 275 g/mol. The lowest BCUT2D eigenvalue weighted by atomic mass is 9.95. The Hall–Kier alpha value is -1.19. The van der Waals surface area contributed by atoms with E-state index in [1.807, 2.05) is 31.2 Å². The molecule has 20 heavy (non-hydrogen) atoms. The summed E-state index contributed by atoms with van der Waals surface area (Å²) in [5.41, 5.74) is 2.07. The molecule has 1 aliphatic rings. The van der Waals surface area contributed by atoms with E-state index in [0.717, 1.165) is 37.9 Å². The molecule has 1 aromatic rings. The number of Topliss-reactive ketones (excluding diaryl/α,β-unsaturated/α-hetero) is 1. The number of nitrogens with zero attached hydrogens (tertiary/aromatic N) is 1. The van der Waals surface area contributed by atoms with Gasteiger partial charge in [-0.3, -0.25) is 9.69 Å². The lowest BCUT2D eigenvalue weighted by Crippen LogP contribution is -2.44. The molecule has 0 bridgehead atoms. The summed E-state index contributed by atoms with van der Waals surface area (Å²) in [7, 11) is 0. The van der Waals surface area contributed by atoms with E-state index >= 15 is 0 Å². The molecule has 3 nitrogen and oxygen atoms in total. The van der Waals surface area contributed by atoms with Gasteiger partial charge < -0.3 is 5.11 Å². The van der Waals surface area contributed by atoms with Crippen molar-refractivity contribution < 1.29 is 9.90 Å². The van der Waals surface area contributed by atoms with Gasteiger partial charge >= 0.3 is 0 Å². The molecule has 2 rings (SSSR count). The van der Waals surface area contributed by atoms with Gasteiger partial charge in [0.25, 0.3) is 0 Å². The number of rotatable bonds is 5. The van der Waals surface area contributed by atoms with Crippen molar-refractivity contribution in [1.29, 1.82) is 0 Å². The van der Waals surface area contributed by atoms with Gasteiger partial charge in [-0.2, -0.15) is 0 Å². The minimum Gasteiger partial charge on any atom is -0.396 e. The summed E-state index contributed by atoms with van der Waals surface area (Å²) >= 11 is 0. The number of piperidine rings is 1. The standard InChI is InChI=1S/C17H25NO2/c1-3-14-4-6-16(7-5-14)17(20)13(2)18-10-8-15(12-19)9-11-18/h4-7,13,15,19H,3,8-12H2,1-2H3. The summed E-state index contributed by atoms with van der Waals surface area (Å²) in [5.74, 6) is 0.618. The number of hydrogen-bond donors (Lipinski definition) is 1. The number of aliphatic hydroxyl groups is 1. The van der Waals surface area contributed by atoms with Crippen LogP contribution in [0.3, 0.4) is 0 Å². The second kappa shape index (κ2) is 7.00. The van der Waals surface area contributed by atoms with Gasteiger partial charge in [-0.05, 0) is 50.8 Å². The first kappa shape index (κ1) is 15.2. The molecule has 1 aromatic carbocycles. The predicted molar refractivity (Wildman–Crippen MR) is 81.0 cm³/mol. The summed E-state index contributed by atoms with van der Waals surface area (Å²) < 4.78 is 0. The van der Waals surface area contributed by atoms with Crippen molar-refractivity contribution in [2.45, 2.75) is 39.2 Å². The maximum atomic E-state index is 12.5. The van der Waals surface area contributed by atoms with Crippen LogP contribution in [0.5, 0.6) is 0 Å². The van der Waals surface area contributed by atoms with Gasteiger partial charge in [-0.15, -0.1) is 0 Å². The number of ketones is 1. The third-order valence-corrected chi connectivity index (χ3v) is 4.48. The molecule has 1 saturated heterocycles. The highest BCUT2D eigenvalue weighted by Crippen LogP contribution is 2.20. The minimum atomic E-state index is -0.0675. The highest BCUT2D eigenvalue weighted by atomic mass is 16.3. The molecule has 110 valence electrons. The van der Waals surface area contributed by atoms with Gasteiger partial charge in [0.15, 0.2) is 5.78 Å².